The standard InChI is InChI=1S/C17H20Cl2O2/c1-10(2)7-12-15(17(12,3)4)16(20)21-9-11-5-6-13(18)14(19)8-11/h5-8,12,15H,9H2,1-4H3. The second-order valence-corrected chi connectivity index (χ2v) is 7.24. The topological polar surface area (TPSA) is 26.3 Å². The molecule has 0 N–H and O–H groups in total. The molecule has 114 valence electrons. The number of ether oxygens (including phenoxy) is 1. The van der Waals surface area contributed by atoms with Crippen molar-refractivity contribution in [2.45, 2.75) is 34.3 Å². The van der Waals surface area contributed by atoms with E-state index in [1.54, 1.807) is 12.1 Å². The maximum absolute atomic E-state index is 12.2. The van der Waals surface area contributed by atoms with Gasteiger partial charge >= 0.3 is 5.97 Å². The predicted octanol–water partition coefficient (Wildman–Crippen LogP) is 5.28. The molecule has 0 aromatic heterocycles. The molecule has 0 aliphatic heterocycles. The molecule has 1 aromatic carbocycles. The molecular formula is C17H20Cl2O2. The van der Waals surface area contributed by atoms with Crippen molar-refractivity contribution >= 4 is 29.2 Å². The van der Waals surface area contributed by atoms with Gasteiger partial charge in [-0.05, 0) is 42.9 Å². The highest BCUT2D eigenvalue weighted by atomic mass is 35.5. The summed E-state index contributed by atoms with van der Waals surface area (Å²) in [5.74, 6) is 0.0625. The highest BCUT2D eigenvalue weighted by Gasteiger charge is 2.61. The molecule has 0 bridgehead atoms. The molecule has 0 saturated heterocycles. The number of hydrogen-bond acceptors (Lipinski definition) is 2. The normalized spacial score (nSPS) is 22.6. The van der Waals surface area contributed by atoms with Crippen LogP contribution in [0.25, 0.3) is 0 Å². The zero-order chi connectivity index (χ0) is 15.8. The summed E-state index contributed by atoms with van der Waals surface area (Å²) < 4.78 is 5.42. The number of allylic oxidation sites excluding steroid dienone is 2. The second-order valence-electron chi connectivity index (χ2n) is 6.43. The summed E-state index contributed by atoms with van der Waals surface area (Å²) in [4.78, 5) is 12.2. The van der Waals surface area contributed by atoms with E-state index in [1.165, 1.54) is 5.57 Å². The Morgan fingerprint density at radius 1 is 1.29 bits per heavy atom. The first kappa shape index (κ1) is 16.4. The number of halogens is 2. The Morgan fingerprint density at radius 3 is 2.52 bits per heavy atom. The summed E-state index contributed by atoms with van der Waals surface area (Å²) in [6.45, 7) is 8.52. The van der Waals surface area contributed by atoms with E-state index in [2.05, 4.69) is 19.9 Å². The van der Waals surface area contributed by atoms with E-state index in [1.807, 2.05) is 19.9 Å². The van der Waals surface area contributed by atoms with E-state index in [0.29, 0.717) is 10.0 Å². The summed E-state index contributed by atoms with van der Waals surface area (Å²) in [6, 6.07) is 5.25. The molecular weight excluding hydrogens is 307 g/mol. The van der Waals surface area contributed by atoms with Crippen molar-refractivity contribution in [1.82, 2.24) is 0 Å². The number of carbonyl (C=O) groups is 1. The van der Waals surface area contributed by atoms with Gasteiger partial charge in [0.05, 0.1) is 16.0 Å². The number of hydrogen-bond donors (Lipinski definition) is 0. The summed E-state index contributed by atoms with van der Waals surface area (Å²) in [7, 11) is 0. The largest absolute Gasteiger partial charge is 0.461 e. The van der Waals surface area contributed by atoms with Crippen LogP contribution in [0.1, 0.15) is 33.3 Å². The van der Waals surface area contributed by atoms with Crippen LogP contribution in [0.15, 0.2) is 29.8 Å². The van der Waals surface area contributed by atoms with Crippen molar-refractivity contribution in [2.24, 2.45) is 17.3 Å². The Morgan fingerprint density at radius 2 is 1.95 bits per heavy atom. The number of carbonyl (C=O) groups excluding carboxylic acids is 1. The third-order valence-electron chi connectivity index (χ3n) is 4.04. The minimum atomic E-state index is -0.145. The predicted molar refractivity (Wildman–Crippen MR) is 86.5 cm³/mol. The van der Waals surface area contributed by atoms with Crippen LogP contribution in [-0.2, 0) is 16.1 Å². The molecule has 2 nitrogen and oxygen atoms in total. The van der Waals surface area contributed by atoms with Crippen molar-refractivity contribution in [3.63, 3.8) is 0 Å². The van der Waals surface area contributed by atoms with Crippen LogP contribution < -0.4 is 0 Å². The molecule has 2 rings (SSSR count). The Labute approximate surface area is 136 Å². The second kappa shape index (κ2) is 6.02. The van der Waals surface area contributed by atoms with Crippen molar-refractivity contribution in [3.05, 3.63) is 45.5 Å². The molecule has 1 fully saturated rings. The summed E-state index contributed by atoms with van der Waals surface area (Å²) in [5.41, 5.74) is 2.05. The van der Waals surface area contributed by atoms with Gasteiger partial charge in [0, 0.05) is 0 Å². The monoisotopic (exact) mass is 326 g/mol. The van der Waals surface area contributed by atoms with Gasteiger partial charge in [-0.2, -0.15) is 0 Å². The number of esters is 1. The van der Waals surface area contributed by atoms with Crippen LogP contribution in [0.2, 0.25) is 10.0 Å². The van der Waals surface area contributed by atoms with Gasteiger partial charge in [0.15, 0.2) is 0 Å². The summed E-state index contributed by atoms with van der Waals surface area (Å²) >= 11 is 11.8. The van der Waals surface area contributed by atoms with Gasteiger partial charge in [0.1, 0.15) is 6.61 Å². The average molecular weight is 327 g/mol. The van der Waals surface area contributed by atoms with Crippen LogP contribution in [0.4, 0.5) is 0 Å². The van der Waals surface area contributed by atoms with Crippen LogP contribution >= 0.6 is 23.2 Å². The SMILES string of the molecule is CC(C)=CC1C(C(=O)OCc2ccc(Cl)c(Cl)c2)C1(C)C. The number of benzene rings is 1. The van der Waals surface area contributed by atoms with Gasteiger partial charge in [-0.3, -0.25) is 4.79 Å². The van der Waals surface area contributed by atoms with Gasteiger partial charge in [-0.15, -0.1) is 0 Å². The molecule has 2 atom stereocenters. The van der Waals surface area contributed by atoms with E-state index in [4.69, 9.17) is 27.9 Å². The van der Waals surface area contributed by atoms with Gasteiger partial charge < -0.3 is 4.74 Å². The average Bonchev–Trinajstić information content (AvgIpc) is 2.91. The minimum Gasteiger partial charge on any atom is -0.461 e. The van der Waals surface area contributed by atoms with Crippen LogP contribution in [-0.4, -0.2) is 5.97 Å². The molecule has 2 unspecified atom stereocenters. The highest BCUT2D eigenvalue weighted by Crippen LogP contribution is 2.59. The van der Waals surface area contributed by atoms with Crippen molar-refractivity contribution < 1.29 is 9.53 Å². The van der Waals surface area contributed by atoms with Crippen LogP contribution in [0.3, 0.4) is 0 Å². The van der Waals surface area contributed by atoms with Gasteiger partial charge in [-0.25, -0.2) is 0 Å². The van der Waals surface area contributed by atoms with E-state index < -0.39 is 0 Å². The van der Waals surface area contributed by atoms with E-state index >= 15 is 0 Å². The lowest BCUT2D eigenvalue weighted by Gasteiger charge is -2.06. The maximum Gasteiger partial charge on any atom is 0.310 e. The third-order valence-corrected chi connectivity index (χ3v) is 4.78. The minimum absolute atomic E-state index is 0.0218. The first-order valence-corrected chi connectivity index (χ1v) is 7.74. The van der Waals surface area contributed by atoms with Crippen LogP contribution in [0.5, 0.6) is 0 Å². The molecule has 1 saturated carbocycles. The fourth-order valence-electron chi connectivity index (χ4n) is 2.67. The fourth-order valence-corrected chi connectivity index (χ4v) is 2.99. The van der Waals surface area contributed by atoms with E-state index in [9.17, 15) is 4.79 Å². The van der Waals surface area contributed by atoms with Crippen LogP contribution in [0, 0.1) is 17.3 Å². The first-order chi connectivity index (χ1) is 9.73. The molecule has 0 spiro atoms. The molecule has 0 heterocycles. The third kappa shape index (κ3) is 3.61. The van der Waals surface area contributed by atoms with Crippen molar-refractivity contribution in [2.75, 3.05) is 0 Å². The quantitative estimate of drug-likeness (QED) is 0.556. The lowest BCUT2D eigenvalue weighted by atomic mass is 10.1. The Kier molecular flexibility index (Phi) is 4.69. The highest BCUT2D eigenvalue weighted by molar-refractivity contribution is 6.42. The zero-order valence-corrected chi connectivity index (χ0v) is 14.3. The lowest BCUT2D eigenvalue weighted by molar-refractivity contribution is -0.147. The molecule has 21 heavy (non-hydrogen) atoms. The number of rotatable bonds is 4. The molecule has 1 aliphatic rings. The molecule has 0 radical (unpaired) electrons. The Hall–Kier alpha value is -0.990. The van der Waals surface area contributed by atoms with Gasteiger partial charge in [0.2, 0.25) is 0 Å². The fraction of sp³-hybridized carbons (Fsp3) is 0.471. The first-order valence-electron chi connectivity index (χ1n) is 6.99. The summed E-state index contributed by atoms with van der Waals surface area (Å²) in [5, 5.41) is 0.970. The Balaban J connectivity index is 1.97. The summed E-state index contributed by atoms with van der Waals surface area (Å²) in [6.07, 6.45) is 2.16. The van der Waals surface area contributed by atoms with E-state index in [-0.39, 0.29) is 29.8 Å². The van der Waals surface area contributed by atoms with Gasteiger partial charge in [-0.1, -0.05) is 54.8 Å². The Bertz CT molecular complexity index is 586. The van der Waals surface area contributed by atoms with Crippen molar-refractivity contribution in [1.29, 1.82) is 0 Å². The molecule has 4 heteroatoms. The lowest BCUT2D eigenvalue weighted by Crippen LogP contribution is -2.10. The molecule has 0 amide bonds. The maximum atomic E-state index is 12.2. The molecule has 1 aromatic rings. The van der Waals surface area contributed by atoms with Gasteiger partial charge in [0.25, 0.3) is 0 Å². The molecule has 1 aliphatic carbocycles. The van der Waals surface area contributed by atoms with E-state index in [0.717, 1.165) is 5.56 Å². The smallest absolute Gasteiger partial charge is 0.310 e. The zero-order valence-electron chi connectivity index (χ0n) is 12.7. The van der Waals surface area contributed by atoms with Crippen molar-refractivity contribution in [3.8, 4) is 0 Å².